The van der Waals surface area contributed by atoms with Gasteiger partial charge in [0, 0.05) is 18.5 Å². The van der Waals surface area contributed by atoms with Crippen LogP contribution in [-0.2, 0) is 13.0 Å². The number of aryl methyl sites for hydroxylation is 1. The number of fused-ring (bicyclic) bond motifs is 3. The lowest BCUT2D eigenvalue weighted by atomic mass is 10.1. The zero-order valence-corrected chi connectivity index (χ0v) is 14.3. The van der Waals surface area contributed by atoms with Gasteiger partial charge in [0.2, 0.25) is 0 Å². The third-order valence-electron chi connectivity index (χ3n) is 4.82. The first-order valence-corrected chi connectivity index (χ1v) is 8.80. The van der Waals surface area contributed by atoms with Gasteiger partial charge < -0.3 is 0 Å². The average Bonchev–Trinajstić information content (AvgIpc) is 3.20. The summed E-state index contributed by atoms with van der Waals surface area (Å²) < 4.78 is 3.23. The number of nitrogens with zero attached hydrogens (tertiary/aromatic N) is 6. The molecule has 10 heteroatoms. The quantitative estimate of drug-likeness (QED) is 0.550. The number of carbonyl (C=O) groups is 1. The minimum Gasteiger partial charge on any atom is -0.296 e. The van der Waals surface area contributed by atoms with Crippen molar-refractivity contribution in [2.24, 2.45) is 0 Å². The zero-order chi connectivity index (χ0) is 18.4. The molecule has 2 N–H and O–H groups in total. The first-order chi connectivity index (χ1) is 13.2. The van der Waals surface area contributed by atoms with Crippen LogP contribution in [0, 0.1) is 0 Å². The van der Waals surface area contributed by atoms with Crippen molar-refractivity contribution in [1.29, 1.82) is 0 Å². The molecule has 0 fully saturated rings. The van der Waals surface area contributed by atoms with Gasteiger partial charge >= 0.3 is 0 Å². The molecule has 5 rings (SSSR count). The number of benzene rings is 1. The van der Waals surface area contributed by atoms with E-state index < -0.39 is 0 Å². The van der Waals surface area contributed by atoms with E-state index in [0.717, 1.165) is 31.5 Å². The molecule has 27 heavy (non-hydrogen) atoms. The van der Waals surface area contributed by atoms with Gasteiger partial charge in [-0.05, 0) is 31.0 Å². The van der Waals surface area contributed by atoms with Gasteiger partial charge in [-0.15, -0.1) is 10.2 Å². The largest absolute Gasteiger partial charge is 0.296 e. The molecule has 10 nitrogen and oxygen atoms in total. The van der Waals surface area contributed by atoms with Gasteiger partial charge in [-0.25, -0.2) is 4.98 Å². The molecule has 0 unspecified atom stereocenters. The van der Waals surface area contributed by atoms with E-state index in [0.29, 0.717) is 28.8 Å². The Hall–Kier alpha value is -3.56. The van der Waals surface area contributed by atoms with Crippen molar-refractivity contribution in [3.8, 4) is 0 Å². The van der Waals surface area contributed by atoms with Crippen LogP contribution in [0.3, 0.4) is 0 Å². The predicted molar refractivity (Wildman–Crippen MR) is 96.6 cm³/mol. The number of rotatable bonds is 2. The van der Waals surface area contributed by atoms with E-state index in [2.05, 4.69) is 30.6 Å². The minimum atomic E-state index is -0.363. The van der Waals surface area contributed by atoms with Crippen LogP contribution in [0.1, 0.15) is 35.4 Å². The van der Waals surface area contributed by atoms with Crippen molar-refractivity contribution in [3.05, 3.63) is 46.3 Å². The summed E-state index contributed by atoms with van der Waals surface area (Å²) in [5.74, 6) is 1.03. The van der Waals surface area contributed by atoms with Crippen LogP contribution < -0.4 is 10.9 Å². The number of H-pyrrole nitrogens is 1. The smallest absolute Gasteiger partial charge is 0.273 e. The fourth-order valence-electron chi connectivity index (χ4n) is 3.44. The molecule has 1 aliphatic rings. The highest BCUT2D eigenvalue weighted by molar-refractivity contribution is 6.05. The predicted octanol–water partition coefficient (Wildman–Crippen LogP) is 1.14. The molecule has 0 bridgehead atoms. The van der Waals surface area contributed by atoms with Crippen LogP contribution in [-0.4, -0.2) is 40.3 Å². The normalized spacial score (nSPS) is 14.2. The van der Waals surface area contributed by atoms with Gasteiger partial charge in [-0.3, -0.25) is 24.6 Å². The Morgan fingerprint density at radius 1 is 1.19 bits per heavy atom. The van der Waals surface area contributed by atoms with E-state index in [-0.39, 0.29) is 17.4 Å². The van der Waals surface area contributed by atoms with E-state index in [9.17, 15) is 9.59 Å². The lowest BCUT2D eigenvalue weighted by Gasteiger charge is -2.10. The maximum Gasteiger partial charge on any atom is 0.273 e. The van der Waals surface area contributed by atoms with E-state index in [1.54, 1.807) is 22.8 Å². The maximum atomic E-state index is 12.8. The summed E-state index contributed by atoms with van der Waals surface area (Å²) in [6.07, 6.45) is 5.33. The van der Waals surface area contributed by atoms with Crippen molar-refractivity contribution in [2.75, 3.05) is 5.32 Å². The summed E-state index contributed by atoms with van der Waals surface area (Å²) in [6.45, 7) is 0.701. The number of amides is 1. The summed E-state index contributed by atoms with van der Waals surface area (Å²) in [5.41, 5.74) is 0.887. The molecular formula is C17H16N8O2. The molecular weight excluding hydrogens is 348 g/mol. The Kier molecular flexibility index (Phi) is 3.49. The lowest BCUT2D eigenvalue weighted by molar-refractivity contribution is 0.102. The highest BCUT2D eigenvalue weighted by Gasteiger charge is 2.17. The minimum absolute atomic E-state index is 0.0412. The monoisotopic (exact) mass is 364 g/mol. The second-order valence-corrected chi connectivity index (χ2v) is 6.53. The van der Waals surface area contributed by atoms with Crippen LogP contribution in [0.25, 0.3) is 16.7 Å². The number of hydrogen-bond acceptors (Lipinski definition) is 6. The molecule has 1 aliphatic heterocycles. The first-order valence-electron chi connectivity index (χ1n) is 8.80. The fourth-order valence-corrected chi connectivity index (χ4v) is 3.44. The van der Waals surface area contributed by atoms with Crippen LogP contribution >= 0.6 is 0 Å². The van der Waals surface area contributed by atoms with Gasteiger partial charge in [0.25, 0.3) is 23.2 Å². The molecule has 0 aliphatic carbocycles. The van der Waals surface area contributed by atoms with Gasteiger partial charge in [-0.1, -0.05) is 6.42 Å². The van der Waals surface area contributed by atoms with E-state index in [1.807, 2.05) is 0 Å². The lowest BCUT2D eigenvalue weighted by Crippen LogP contribution is -2.24. The molecule has 0 radical (unpaired) electrons. The number of aromatic nitrogens is 7. The third-order valence-corrected chi connectivity index (χ3v) is 4.82. The summed E-state index contributed by atoms with van der Waals surface area (Å²) in [6, 6.07) is 4.92. The summed E-state index contributed by atoms with van der Waals surface area (Å²) in [5, 5.41) is 13.7. The van der Waals surface area contributed by atoms with Crippen LogP contribution in [0.15, 0.2) is 29.3 Å². The van der Waals surface area contributed by atoms with Crippen molar-refractivity contribution in [1.82, 2.24) is 34.3 Å². The molecule has 0 saturated heterocycles. The first kappa shape index (κ1) is 15.7. The molecule has 3 aromatic heterocycles. The summed E-state index contributed by atoms with van der Waals surface area (Å²) in [4.78, 5) is 34.0. The number of aromatic amines is 1. The third kappa shape index (κ3) is 2.57. The number of anilines is 1. The Bertz CT molecular complexity index is 1230. The Morgan fingerprint density at radius 3 is 3.04 bits per heavy atom. The molecule has 0 saturated carbocycles. The summed E-state index contributed by atoms with van der Waals surface area (Å²) in [7, 11) is 0. The molecule has 0 atom stereocenters. The van der Waals surface area contributed by atoms with Crippen molar-refractivity contribution < 1.29 is 4.79 Å². The second-order valence-electron chi connectivity index (χ2n) is 6.53. The number of hydrogen-bond donors (Lipinski definition) is 2. The van der Waals surface area contributed by atoms with E-state index >= 15 is 0 Å². The molecule has 0 spiro atoms. The molecule has 4 aromatic rings. The number of nitrogens with one attached hydrogen (secondary N) is 2. The van der Waals surface area contributed by atoms with Crippen molar-refractivity contribution in [3.63, 3.8) is 0 Å². The standard InChI is InChI=1S/C17H16N8O2/c26-14(21-17-23-22-16-18-9-19-25(16)17)10-5-6-11-12(8-10)20-13-4-2-1-3-7-24(13)15(11)27/h5-6,8-9H,1-4,7H2,(H,18,19,22)(H,21,23,26). The van der Waals surface area contributed by atoms with Gasteiger partial charge in [0.15, 0.2) is 0 Å². The highest BCUT2D eigenvalue weighted by Crippen LogP contribution is 2.17. The Labute approximate surface area is 152 Å². The topological polar surface area (TPSA) is 123 Å². The Balaban J connectivity index is 1.53. The average molecular weight is 364 g/mol. The van der Waals surface area contributed by atoms with E-state index in [4.69, 9.17) is 0 Å². The Morgan fingerprint density at radius 2 is 2.11 bits per heavy atom. The molecule has 136 valence electrons. The van der Waals surface area contributed by atoms with E-state index in [1.165, 1.54) is 10.8 Å². The van der Waals surface area contributed by atoms with Crippen LogP contribution in [0.2, 0.25) is 0 Å². The van der Waals surface area contributed by atoms with Crippen molar-refractivity contribution >= 4 is 28.5 Å². The SMILES string of the molecule is O=C(Nc1nnc2nc[nH]n12)c1ccc2c(=O)n3c(nc2c1)CCCCC3. The van der Waals surface area contributed by atoms with Gasteiger partial charge in [0.1, 0.15) is 12.2 Å². The second kappa shape index (κ2) is 6.01. The van der Waals surface area contributed by atoms with Crippen molar-refractivity contribution in [2.45, 2.75) is 32.2 Å². The highest BCUT2D eigenvalue weighted by atomic mass is 16.2. The molecule has 1 aromatic carbocycles. The number of carbonyl (C=O) groups excluding carboxylic acids is 1. The molecule has 4 heterocycles. The van der Waals surface area contributed by atoms with Gasteiger partial charge in [-0.2, -0.15) is 9.50 Å². The van der Waals surface area contributed by atoms with Gasteiger partial charge in [0.05, 0.1) is 10.9 Å². The summed E-state index contributed by atoms with van der Waals surface area (Å²) >= 11 is 0. The molecule has 1 amide bonds. The van der Waals surface area contributed by atoms with Crippen LogP contribution in [0.5, 0.6) is 0 Å². The zero-order valence-electron chi connectivity index (χ0n) is 14.3. The fraction of sp³-hybridized carbons (Fsp3) is 0.294. The van der Waals surface area contributed by atoms with Crippen LogP contribution in [0.4, 0.5) is 5.95 Å². The maximum absolute atomic E-state index is 12.8.